The summed E-state index contributed by atoms with van der Waals surface area (Å²) >= 11 is 0. The molecule has 0 atom stereocenters. The molecule has 0 spiro atoms. The second-order valence-corrected chi connectivity index (χ2v) is 9.04. The molecule has 4 amide bonds. The van der Waals surface area contributed by atoms with Crippen molar-refractivity contribution in [3.05, 3.63) is 47.5 Å². The van der Waals surface area contributed by atoms with Crippen LogP contribution in [0.2, 0.25) is 0 Å². The summed E-state index contributed by atoms with van der Waals surface area (Å²) in [5.41, 5.74) is 0.299. The number of benzene rings is 1. The molecule has 0 fully saturated rings. The van der Waals surface area contributed by atoms with Crippen molar-refractivity contribution in [3.63, 3.8) is 0 Å². The van der Waals surface area contributed by atoms with Crippen LogP contribution in [0.25, 0.3) is 0 Å². The van der Waals surface area contributed by atoms with Gasteiger partial charge in [-0.05, 0) is 38.5 Å². The molecule has 0 aromatic heterocycles. The number of hydrogen-bond acceptors (Lipinski definition) is 8. The molecule has 1 N–H and O–H groups in total. The molecule has 1 aliphatic heterocycles. The Morgan fingerprint density at radius 1 is 1.00 bits per heavy atom. The second-order valence-electron chi connectivity index (χ2n) is 9.04. The lowest BCUT2D eigenvalue weighted by Gasteiger charge is -2.25. The van der Waals surface area contributed by atoms with Crippen molar-refractivity contribution in [1.29, 1.82) is 0 Å². The number of rotatable bonds is 11. The summed E-state index contributed by atoms with van der Waals surface area (Å²) in [4.78, 5) is 73.7. The maximum atomic E-state index is 13.0. The molecule has 0 saturated carbocycles. The van der Waals surface area contributed by atoms with Crippen LogP contribution in [0.1, 0.15) is 50.0 Å². The highest BCUT2D eigenvalue weighted by molar-refractivity contribution is 6.13. The van der Waals surface area contributed by atoms with Crippen molar-refractivity contribution in [2.75, 3.05) is 26.2 Å². The lowest BCUT2D eigenvalue weighted by Crippen LogP contribution is -2.40. The molecule has 11 heteroatoms. The average molecular weight is 502 g/mol. The van der Waals surface area contributed by atoms with Crippen LogP contribution in [0, 0.1) is 0 Å². The van der Waals surface area contributed by atoms with Gasteiger partial charge in [-0.25, -0.2) is 0 Å². The van der Waals surface area contributed by atoms with Crippen LogP contribution in [-0.4, -0.2) is 77.2 Å². The third kappa shape index (κ3) is 9.32. The van der Waals surface area contributed by atoms with E-state index in [9.17, 15) is 28.8 Å². The SMILES string of the molecule is CC(=O)OCCN(CC(=O)OC(C)(C)C)C(=O)c1ccc(CNC(=O)CCN2C(=O)C=CC2=O)cc1. The zero-order valence-electron chi connectivity index (χ0n) is 20.9. The molecule has 0 radical (unpaired) electrons. The minimum atomic E-state index is -0.718. The molecule has 0 bridgehead atoms. The normalized spacial score (nSPS) is 12.9. The van der Waals surface area contributed by atoms with Crippen LogP contribution in [0.5, 0.6) is 0 Å². The Labute approximate surface area is 209 Å². The minimum absolute atomic E-state index is 0.00695. The number of imide groups is 1. The van der Waals surface area contributed by atoms with E-state index in [2.05, 4.69) is 5.32 Å². The fraction of sp³-hybridized carbons (Fsp3) is 0.440. The summed E-state index contributed by atoms with van der Waals surface area (Å²) in [5, 5.41) is 2.70. The smallest absolute Gasteiger partial charge is 0.326 e. The molecular formula is C25H31N3O8. The van der Waals surface area contributed by atoms with Gasteiger partial charge in [-0.3, -0.25) is 33.7 Å². The maximum Gasteiger partial charge on any atom is 0.326 e. The molecule has 194 valence electrons. The number of hydrogen-bond donors (Lipinski definition) is 1. The van der Waals surface area contributed by atoms with Gasteiger partial charge in [-0.1, -0.05) is 12.1 Å². The van der Waals surface area contributed by atoms with Crippen LogP contribution in [-0.2, 0) is 40.0 Å². The Balaban J connectivity index is 1.93. The molecular weight excluding hydrogens is 470 g/mol. The maximum absolute atomic E-state index is 13.0. The molecule has 1 heterocycles. The van der Waals surface area contributed by atoms with Gasteiger partial charge in [0.05, 0.1) is 6.54 Å². The lowest BCUT2D eigenvalue weighted by molar-refractivity contribution is -0.155. The van der Waals surface area contributed by atoms with Gasteiger partial charge in [-0.2, -0.15) is 0 Å². The van der Waals surface area contributed by atoms with Crippen molar-refractivity contribution >= 4 is 35.6 Å². The van der Waals surface area contributed by atoms with Crippen LogP contribution < -0.4 is 5.32 Å². The minimum Gasteiger partial charge on any atom is -0.464 e. The standard InChI is InChI=1S/C25H31N3O8/c1-17(29)35-14-13-27(16-23(33)36-25(2,3)4)24(34)19-7-5-18(6-8-19)15-26-20(30)11-12-28-21(31)9-10-22(28)32/h5-10H,11-16H2,1-4H3,(H,26,30). The van der Waals surface area contributed by atoms with Crippen LogP contribution in [0.15, 0.2) is 36.4 Å². The van der Waals surface area contributed by atoms with Crippen LogP contribution in [0.3, 0.4) is 0 Å². The van der Waals surface area contributed by atoms with E-state index < -0.39 is 35.3 Å². The van der Waals surface area contributed by atoms with Gasteiger partial charge in [0.1, 0.15) is 18.8 Å². The highest BCUT2D eigenvalue weighted by atomic mass is 16.6. The summed E-state index contributed by atoms with van der Waals surface area (Å²) in [6.07, 6.45) is 2.29. The zero-order chi connectivity index (χ0) is 26.9. The quantitative estimate of drug-likeness (QED) is 0.349. The Morgan fingerprint density at radius 3 is 2.17 bits per heavy atom. The fourth-order valence-electron chi connectivity index (χ4n) is 3.18. The summed E-state index contributed by atoms with van der Waals surface area (Å²) in [7, 11) is 0. The number of esters is 2. The zero-order valence-corrected chi connectivity index (χ0v) is 20.9. The Morgan fingerprint density at radius 2 is 1.61 bits per heavy atom. The molecule has 1 aromatic carbocycles. The van der Waals surface area contributed by atoms with E-state index in [0.717, 1.165) is 17.1 Å². The molecule has 2 rings (SSSR count). The van der Waals surface area contributed by atoms with E-state index >= 15 is 0 Å². The summed E-state index contributed by atoms with van der Waals surface area (Å²) < 4.78 is 10.2. The van der Waals surface area contributed by atoms with E-state index in [0.29, 0.717) is 11.1 Å². The predicted molar refractivity (Wildman–Crippen MR) is 127 cm³/mol. The van der Waals surface area contributed by atoms with Gasteiger partial charge in [0.15, 0.2) is 0 Å². The van der Waals surface area contributed by atoms with Crippen molar-refractivity contribution in [2.24, 2.45) is 0 Å². The van der Waals surface area contributed by atoms with Crippen molar-refractivity contribution in [2.45, 2.75) is 46.3 Å². The van der Waals surface area contributed by atoms with Gasteiger partial charge < -0.3 is 19.7 Å². The highest BCUT2D eigenvalue weighted by Gasteiger charge is 2.24. The van der Waals surface area contributed by atoms with Gasteiger partial charge in [-0.15, -0.1) is 0 Å². The van der Waals surface area contributed by atoms with Gasteiger partial charge >= 0.3 is 11.9 Å². The lowest BCUT2D eigenvalue weighted by atomic mass is 10.1. The third-order valence-corrected chi connectivity index (χ3v) is 4.85. The highest BCUT2D eigenvalue weighted by Crippen LogP contribution is 2.11. The molecule has 0 unspecified atom stereocenters. The second kappa shape index (κ2) is 12.6. The Bertz CT molecular complexity index is 1020. The molecule has 0 aliphatic carbocycles. The summed E-state index contributed by atoms with van der Waals surface area (Å²) in [6, 6.07) is 6.43. The van der Waals surface area contributed by atoms with Gasteiger partial charge in [0.25, 0.3) is 17.7 Å². The fourth-order valence-corrected chi connectivity index (χ4v) is 3.18. The molecule has 1 aromatic rings. The topological polar surface area (TPSA) is 139 Å². The number of ether oxygens (including phenoxy) is 2. The molecule has 0 saturated heterocycles. The van der Waals surface area contributed by atoms with Crippen molar-refractivity contribution in [3.8, 4) is 0 Å². The van der Waals surface area contributed by atoms with E-state index in [1.807, 2.05) is 0 Å². The molecule has 11 nitrogen and oxygen atoms in total. The first-order valence-corrected chi connectivity index (χ1v) is 11.4. The number of nitrogens with one attached hydrogen (secondary N) is 1. The predicted octanol–water partition coefficient (Wildman–Crippen LogP) is 0.965. The number of carbonyl (C=O) groups is 6. The monoisotopic (exact) mass is 501 g/mol. The first-order chi connectivity index (χ1) is 16.9. The Kier molecular flexibility index (Phi) is 9.89. The van der Waals surface area contributed by atoms with E-state index in [-0.39, 0.29) is 45.1 Å². The summed E-state index contributed by atoms with van der Waals surface area (Å²) in [5.74, 6) is -2.76. The van der Waals surface area contributed by atoms with E-state index in [4.69, 9.17) is 9.47 Å². The van der Waals surface area contributed by atoms with Crippen molar-refractivity contribution < 1.29 is 38.2 Å². The van der Waals surface area contributed by atoms with Gasteiger partial charge in [0, 0.05) is 44.1 Å². The van der Waals surface area contributed by atoms with E-state index in [1.165, 1.54) is 11.8 Å². The summed E-state index contributed by atoms with van der Waals surface area (Å²) in [6.45, 7) is 6.20. The average Bonchev–Trinajstić information content (AvgIpc) is 3.11. The third-order valence-electron chi connectivity index (χ3n) is 4.85. The molecule has 1 aliphatic rings. The first kappa shape index (κ1) is 28.2. The number of carbonyl (C=O) groups excluding carboxylic acids is 6. The molecule has 36 heavy (non-hydrogen) atoms. The van der Waals surface area contributed by atoms with E-state index in [1.54, 1.807) is 45.0 Å². The Hall–Kier alpha value is -4.02. The van der Waals surface area contributed by atoms with Crippen LogP contribution >= 0.6 is 0 Å². The van der Waals surface area contributed by atoms with Crippen LogP contribution in [0.4, 0.5) is 0 Å². The largest absolute Gasteiger partial charge is 0.464 e. The number of nitrogens with zero attached hydrogens (tertiary/aromatic N) is 2. The van der Waals surface area contributed by atoms with Crippen molar-refractivity contribution in [1.82, 2.24) is 15.1 Å². The first-order valence-electron chi connectivity index (χ1n) is 11.4. The van der Waals surface area contributed by atoms with Gasteiger partial charge in [0.2, 0.25) is 5.91 Å². The number of amides is 4.